The van der Waals surface area contributed by atoms with Crippen LogP contribution in [0, 0.1) is 5.82 Å². The summed E-state index contributed by atoms with van der Waals surface area (Å²) < 4.78 is 13.4. The molecule has 0 bridgehead atoms. The van der Waals surface area contributed by atoms with Gasteiger partial charge < -0.3 is 5.11 Å². The van der Waals surface area contributed by atoms with Crippen molar-refractivity contribution in [3.63, 3.8) is 0 Å². The second-order valence-corrected chi connectivity index (χ2v) is 4.22. The lowest BCUT2D eigenvalue weighted by Crippen LogP contribution is -2.19. The fourth-order valence-corrected chi connectivity index (χ4v) is 1.46. The van der Waals surface area contributed by atoms with Crippen LogP contribution < -0.4 is 0 Å². The number of carbonyl (C=O) groups is 1. The van der Waals surface area contributed by atoms with E-state index >= 15 is 0 Å². The molecule has 0 spiro atoms. The summed E-state index contributed by atoms with van der Waals surface area (Å²) in [5, 5.41) is 8.89. The Balaban J connectivity index is 3.45. The van der Waals surface area contributed by atoms with Crippen molar-refractivity contribution < 1.29 is 14.3 Å². The van der Waals surface area contributed by atoms with Crippen LogP contribution >= 0.6 is 0 Å². The van der Waals surface area contributed by atoms with Crippen molar-refractivity contribution >= 4 is 5.97 Å². The molecule has 1 aromatic rings. The summed E-state index contributed by atoms with van der Waals surface area (Å²) >= 11 is 0. The maximum Gasteiger partial charge on any atom is 0.336 e. The van der Waals surface area contributed by atoms with Crippen molar-refractivity contribution in [1.29, 1.82) is 0 Å². The average molecular weight is 196 g/mol. The highest BCUT2D eigenvalue weighted by Gasteiger charge is 2.24. The molecule has 0 atom stereocenters. The molecule has 2 nitrogen and oxygen atoms in total. The SMILES string of the molecule is CC(C)(C)c1c(F)cccc1C(=O)O. The van der Waals surface area contributed by atoms with Crippen LogP contribution in [0.4, 0.5) is 4.39 Å². The molecule has 14 heavy (non-hydrogen) atoms. The molecule has 1 aromatic carbocycles. The van der Waals surface area contributed by atoms with E-state index in [0.717, 1.165) is 0 Å². The quantitative estimate of drug-likeness (QED) is 0.749. The van der Waals surface area contributed by atoms with Gasteiger partial charge in [0.05, 0.1) is 5.56 Å². The predicted octanol–water partition coefficient (Wildman–Crippen LogP) is 2.82. The zero-order valence-corrected chi connectivity index (χ0v) is 8.47. The van der Waals surface area contributed by atoms with Gasteiger partial charge in [0.2, 0.25) is 0 Å². The summed E-state index contributed by atoms with van der Waals surface area (Å²) in [5.74, 6) is -1.55. The van der Waals surface area contributed by atoms with Crippen LogP contribution in [0.3, 0.4) is 0 Å². The maximum atomic E-state index is 13.4. The largest absolute Gasteiger partial charge is 0.478 e. The van der Waals surface area contributed by atoms with Gasteiger partial charge >= 0.3 is 5.97 Å². The Morgan fingerprint density at radius 3 is 2.29 bits per heavy atom. The van der Waals surface area contributed by atoms with Gasteiger partial charge in [-0.3, -0.25) is 0 Å². The average Bonchev–Trinajstić information content (AvgIpc) is 2.01. The second kappa shape index (κ2) is 3.40. The van der Waals surface area contributed by atoms with Crippen LogP contribution in [0.25, 0.3) is 0 Å². The van der Waals surface area contributed by atoms with E-state index in [1.54, 1.807) is 20.8 Å². The first-order valence-electron chi connectivity index (χ1n) is 4.36. The first kappa shape index (κ1) is 10.7. The maximum absolute atomic E-state index is 13.4. The van der Waals surface area contributed by atoms with Crippen LogP contribution in [-0.4, -0.2) is 11.1 Å². The molecule has 0 radical (unpaired) electrons. The van der Waals surface area contributed by atoms with E-state index in [-0.39, 0.29) is 11.1 Å². The minimum Gasteiger partial charge on any atom is -0.478 e. The standard InChI is InChI=1S/C11H13FO2/c1-11(2,3)9-7(10(13)14)5-4-6-8(9)12/h4-6H,1-3H3,(H,13,14). The molecule has 0 aliphatic carbocycles. The number of hydrogen-bond acceptors (Lipinski definition) is 1. The van der Waals surface area contributed by atoms with Gasteiger partial charge in [0.25, 0.3) is 0 Å². The van der Waals surface area contributed by atoms with Gasteiger partial charge in [0.1, 0.15) is 5.82 Å². The molecule has 0 aromatic heterocycles. The van der Waals surface area contributed by atoms with E-state index in [0.29, 0.717) is 0 Å². The van der Waals surface area contributed by atoms with E-state index in [9.17, 15) is 9.18 Å². The van der Waals surface area contributed by atoms with Crippen molar-refractivity contribution in [3.05, 3.63) is 35.1 Å². The molecule has 0 unspecified atom stereocenters. The molecule has 76 valence electrons. The molecule has 3 heteroatoms. The highest BCUT2D eigenvalue weighted by Crippen LogP contribution is 2.28. The highest BCUT2D eigenvalue weighted by atomic mass is 19.1. The van der Waals surface area contributed by atoms with Gasteiger partial charge in [-0.1, -0.05) is 26.8 Å². The van der Waals surface area contributed by atoms with Crippen molar-refractivity contribution in [3.8, 4) is 0 Å². The Hall–Kier alpha value is -1.38. The van der Waals surface area contributed by atoms with E-state index in [1.165, 1.54) is 18.2 Å². The molecule has 1 rings (SSSR count). The molecule has 0 saturated heterocycles. The van der Waals surface area contributed by atoms with Crippen LogP contribution in [0.15, 0.2) is 18.2 Å². The summed E-state index contributed by atoms with van der Waals surface area (Å²) in [6, 6.07) is 4.12. The van der Waals surface area contributed by atoms with Crippen molar-refractivity contribution in [2.75, 3.05) is 0 Å². The Bertz CT molecular complexity index is 364. The van der Waals surface area contributed by atoms with Gasteiger partial charge in [0.15, 0.2) is 0 Å². The number of hydrogen-bond donors (Lipinski definition) is 1. The van der Waals surface area contributed by atoms with Crippen LogP contribution in [0.5, 0.6) is 0 Å². The van der Waals surface area contributed by atoms with E-state index in [2.05, 4.69) is 0 Å². The molecule has 0 amide bonds. The van der Waals surface area contributed by atoms with Gasteiger partial charge in [0, 0.05) is 5.56 Å². The lowest BCUT2D eigenvalue weighted by molar-refractivity contribution is 0.0693. The summed E-state index contributed by atoms with van der Waals surface area (Å²) in [7, 11) is 0. The van der Waals surface area contributed by atoms with E-state index in [1.807, 2.05) is 0 Å². The zero-order valence-electron chi connectivity index (χ0n) is 8.47. The molecular weight excluding hydrogens is 183 g/mol. The van der Waals surface area contributed by atoms with Gasteiger partial charge in [-0.15, -0.1) is 0 Å². The van der Waals surface area contributed by atoms with Crippen molar-refractivity contribution in [1.82, 2.24) is 0 Å². The van der Waals surface area contributed by atoms with Crippen molar-refractivity contribution in [2.24, 2.45) is 0 Å². The Kier molecular flexibility index (Phi) is 2.60. The molecule has 0 aliphatic heterocycles. The summed E-state index contributed by atoms with van der Waals surface area (Å²) in [5.41, 5.74) is -0.205. The molecular formula is C11H13FO2. The number of carboxylic acids is 1. The Morgan fingerprint density at radius 2 is 1.93 bits per heavy atom. The third kappa shape index (κ3) is 1.92. The fraction of sp³-hybridized carbons (Fsp3) is 0.364. The molecule has 0 fully saturated rings. The third-order valence-corrected chi connectivity index (χ3v) is 1.99. The van der Waals surface area contributed by atoms with Crippen LogP contribution in [0.2, 0.25) is 0 Å². The van der Waals surface area contributed by atoms with Crippen LogP contribution in [-0.2, 0) is 5.41 Å². The minimum absolute atomic E-state index is 0.0394. The molecule has 0 heterocycles. The summed E-state index contributed by atoms with van der Waals surface area (Å²) in [4.78, 5) is 10.9. The number of carboxylic acid groups (broad SMARTS) is 1. The first-order valence-corrected chi connectivity index (χ1v) is 4.36. The van der Waals surface area contributed by atoms with Gasteiger partial charge in [-0.25, -0.2) is 9.18 Å². The molecule has 0 saturated carbocycles. The Morgan fingerprint density at radius 1 is 1.36 bits per heavy atom. The monoisotopic (exact) mass is 196 g/mol. The number of benzene rings is 1. The topological polar surface area (TPSA) is 37.3 Å². The second-order valence-electron chi connectivity index (χ2n) is 4.22. The molecule has 1 N–H and O–H groups in total. The normalized spacial score (nSPS) is 11.4. The first-order chi connectivity index (χ1) is 6.34. The lowest BCUT2D eigenvalue weighted by Gasteiger charge is -2.21. The molecule has 0 aliphatic rings. The summed E-state index contributed by atoms with van der Waals surface area (Å²) in [6.45, 7) is 5.37. The number of halogens is 1. The lowest BCUT2D eigenvalue weighted by atomic mass is 9.83. The van der Waals surface area contributed by atoms with E-state index in [4.69, 9.17) is 5.11 Å². The van der Waals surface area contributed by atoms with Crippen molar-refractivity contribution in [2.45, 2.75) is 26.2 Å². The summed E-state index contributed by atoms with van der Waals surface area (Å²) in [6.07, 6.45) is 0. The van der Waals surface area contributed by atoms with E-state index < -0.39 is 17.2 Å². The van der Waals surface area contributed by atoms with Gasteiger partial charge in [-0.05, 0) is 17.5 Å². The number of aromatic carboxylic acids is 1. The highest BCUT2D eigenvalue weighted by molar-refractivity contribution is 5.89. The predicted molar refractivity (Wildman–Crippen MR) is 52.1 cm³/mol. The Labute approximate surface area is 82.4 Å². The number of rotatable bonds is 1. The zero-order chi connectivity index (χ0) is 10.9. The van der Waals surface area contributed by atoms with Gasteiger partial charge in [-0.2, -0.15) is 0 Å². The smallest absolute Gasteiger partial charge is 0.336 e. The third-order valence-electron chi connectivity index (χ3n) is 1.99. The fourth-order valence-electron chi connectivity index (χ4n) is 1.46. The minimum atomic E-state index is -1.09. The van der Waals surface area contributed by atoms with Crippen LogP contribution in [0.1, 0.15) is 36.7 Å².